The fraction of sp³-hybridized carbons (Fsp3) is 0.625. The zero-order valence-corrected chi connectivity index (χ0v) is 12.9. The summed E-state index contributed by atoms with van der Waals surface area (Å²) >= 11 is 0. The second-order valence-electron chi connectivity index (χ2n) is 6.45. The summed E-state index contributed by atoms with van der Waals surface area (Å²) in [6, 6.07) is 2.21. The molecule has 0 bridgehead atoms. The van der Waals surface area contributed by atoms with Gasteiger partial charge in [0.15, 0.2) is 0 Å². The minimum atomic E-state index is -0.585. The van der Waals surface area contributed by atoms with Crippen LogP contribution in [0.4, 0.5) is 5.82 Å². The van der Waals surface area contributed by atoms with Gasteiger partial charge in [0.1, 0.15) is 11.4 Å². The van der Waals surface area contributed by atoms with Crippen LogP contribution in [0.15, 0.2) is 6.07 Å². The third kappa shape index (κ3) is 2.39. The molecule has 5 nitrogen and oxygen atoms in total. The lowest BCUT2D eigenvalue weighted by Gasteiger charge is -2.43. The first-order chi connectivity index (χ1) is 10.0. The maximum absolute atomic E-state index is 12.2. The molecule has 0 saturated carbocycles. The number of anilines is 1. The molecule has 1 amide bonds. The lowest BCUT2D eigenvalue weighted by Crippen LogP contribution is -2.62. The normalized spacial score (nSPS) is 20.9. The molecule has 2 heterocycles. The number of nitrogens with one attached hydrogen (secondary N) is 1. The van der Waals surface area contributed by atoms with E-state index in [2.05, 4.69) is 16.3 Å². The number of aryl methyl sites for hydroxylation is 2. The maximum atomic E-state index is 12.2. The number of rotatable bonds is 2. The highest BCUT2D eigenvalue weighted by Crippen LogP contribution is 2.31. The van der Waals surface area contributed by atoms with Gasteiger partial charge in [-0.15, -0.1) is 0 Å². The number of nitrogens with two attached hydrogens (primary N) is 1. The molecule has 3 N–H and O–H groups in total. The topological polar surface area (TPSA) is 71.2 Å². The molecule has 1 fully saturated rings. The third-order valence-electron chi connectivity index (χ3n) is 4.68. The molecular formula is C16H24N4O. The summed E-state index contributed by atoms with van der Waals surface area (Å²) in [7, 11) is 0. The summed E-state index contributed by atoms with van der Waals surface area (Å²) in [6.07, 6.45) is 4.56. The van der Waals surface area contributed by atoms with Crippen molar-refractivity contribution in [3.8, 4) is 0 Å². The quantitative estimate of drug-likeness (QED) is 0.856. The largest absolute Gasteiger partial charge is 0.352 e. The summed E-state index contributed by atoms with van der Waals surface area (Å²) in [5.74, 6) is 0.953. The van der Waals surface area contributed by atoms with E-state index in [0.717, 1.165) is 30.8 Å². The van der Waals surface area contributed by atoms with E-state index in [-0.39, 0.29) is 5.91 Å². The molecule has 0 atom stereocenters. The number of hydrogen-bond donors (Lipinski definition) is 2. The zero-order chi connectivity index (χ0) is 15.0. The predicted molar refractivity (Wildman–Crippen MR) is 83.2 cm³/mol. The first kappa shape index (κ1) is 14.3. The Kier molecular flexibility index (Phi) is 3.61. The molecule has 1 aliphatic heterocycles. The second kappa shape index (κ2) is 5.30. The number of piperazine rings is 1. The Balaban J connectivity index is 2.06. The van der Waals surface area contributed by atoms with Gasteiger partial charge < -0.3 is 16.0 Å². The number of aromatic nitrogens is 1. The Bertz CT molecular complexity index is 568. The monoisotopic (exact) mass is 288 g/mol. The van der Waals surface area contributed by atoms with Crippen LogP contribution in [0.25, 0.3) is 0 Å². The first-order valence-electron chi connectivity index (χ1n) is 7.81. The van der Waals surface area contributed by atoms with Gasteiger partial charge in [0.2, 0.25) is 5.91 Å². The van der Waals surface area contributed by atoms with Crippen LogP contribution in [0.3, 0.4) is 0 Å². The summed E-state index contributed by atoms with van der Waals surface area (Å²) in [4.78, 5) is 19.2. The van der Waals surface area contributed by atoms with Gasteiger partial charge in [-0.2, -0.15) is 0 Å². The molecule has 2 aliphatic rings. The van der Waals surface area contributed by atoms with Crippen LogP contribution >= 0.6 is 0 Å². The van der Waals surface area contributed by atoms with Gasteiger partial charge in [0, 0.05) is 30.9 Å². The number of pyridine rings is 1. The fourth-order valence-corrected chi connectivity index (χ4v) is 3.32. The van der Waals surface area contributed by atoms with Crippen LogP contribution in [0, 0.1) is 0 Å². The van der Waals surface area contributed by atoms with E-state index < -0.39 is 5.54 Å². The highest BCUT2D eigenvalue weighted by atomic mass is 16.2. The number of carbonyl (C=O) groups excluding carboxylic acids is 1. The number of hydrogen-bond acceptors (Lipinski definition) is 4. The number of fused-ring (bicyclic) bond motifs is 1. The van der Waals surface area contributed by atoms with Gasteiger partial charge in [-0.25, -0.2) is 4.98 Å². The summed E-state index contributed by atoms with van der Waals surface area (Å²) in [5.41, 5.74) is 8.94. The Morgan fingerprint density at radius 3 is 2.90 bits per heavy atom. The van der Waals surface area contributed by atoms with Crippen molar-refractivity contribution in [1.82, 2.24) is 10.3 Å². The van der Waals surface area contributed by atoms with Crippen LogP contribution < -0.4 is 16.0 Å². The van der Waals surface area contributed by atoms with E-state index in [1.54, 1.807) is 0 Å². The van der Waals surface area contributed by atoms with Crippen molar-refractivity contribution in [2.24, 2.45) is 5.73 Å². The molecule has 114 valence electrons. The van der Waals surface area contributed by atoms with E-state index in [0.29, 0.717) is 13.1 Å². The van der Waals surface area contributed by atoms with Crippen molar-refractivity contribution in [3.05, 3.63) is 22.9 Å². The molecule has 1 saturated heterocycles. The molecule has 5 heteroatoms. The number of amides is 1. The standard InChI is InChI=1S/C16H24N4O/c1-16(2)15(21)18-7-8-20(16)14-12(10-17)9-11-5-3-4-6-13(11)19-14/h9H,3-8,10,17H2,1-2H3,(H,18,21). The van der Waals surface area contributed by atoms with Crippen molar-refractivity contribution >= 4 is 11.7 Å². The Morgan fingerprint density at radius 2 is 2.14 bits per heavy atom. The van der Waals surface area contributed by atoms with Crippen LogP contribution in [0.1, 0.15) is 43.5 Å². The van der Waals surface area contributed by atoms with E-state index in [4.69, 9.17) is 10.7 Å². The average Bonchev–Trinajstić information content (AvgIpc) is 2.48. The van der Waals surface area contributed by atoms with Crippen molar-refractivity contribution in [3.63, 3.8) is 0 Å². The van der Waals surface area contributed by atoms with E-state index in [1.165, 1.54) is 24.1 Å². The summed E-state index contributed by atoms with van der Waals surface area (Å²) in [5, 5.41) is 2.93. The molecular weight excluding hydrogens is 264 g/mol. The Labute approximate surface area is 125 Å². The Hall–Kier alpha value is -1.62. The molecule has 1 aliphatic carbocycles. The van der Waals surface area contributed by atoms with Gasteiger partial charge in [-0.3, -0.25) is 4.79 Å². The molecule has 1 aromatic rings. The van der Waals surface area contributed by atoms with E-state index in [9.17, 15) is 4.79 Å². The van der Waals surface area contributed by atoms with Gasteiger partial charge in [-0.1, -0.05) is 0 Å². The minimum Gasteiger partial charge on any atom is -0.352 e. The molecule has 0 unspecified atom stereocenters. The van der Waals surface area contributed by atoms with E-state index >= 15 is 0 Å². The highest BCUT2D eigenvalue weighted by molar-refractivity contribution is 5.90. The molecule has 0 aromatic carbocycles. The maximum Gasteiger partial charge on any atom is 0.245 e. The van der Waals surface area contributed by atoms with Crippen LogP contribution in [-0.4, -0.2) is 29.5 Å². The van der Waals surface area contributed by atoms with Crippen LogP contribution in [0.2, 0.25) is 0 Å². The molecule has 0 radical (unpaired) electrons. The van der Waals surface area contributed by atoms with Crippen molar-refractivity contribution in [1.29, 1.82) is 0 Å². The summed E-state index contributed by atoms with van der Waals surface area (Å²) < 4.78 is 0. The predicted octanol–water partition coefficient (Wildman–Crippen LogP) is 1.13. The first-order valence-corrected chi connectivity index (χ1v) is 7.81. The zero-order valence-electron chi connectivity index (χ0n) is 12.9. The lowest BCUT2D eigenvalue weighted by molar-refractivity contribution is -0.126. The van der Waals surface area contributed by atoms with Crippen molar-refractivity contribution in [2.75, 3.05) is 18.0 Å². The van der Waals surface area contributed by atoms with E-state index in [1.807, 2.05) is 13.8 Å². The van der Waals surface area contributed by atoms with Gasteiger partial charge in [0.05, 0.1) is 0 Å². The van der Waals surface area contributed by atoms with Crippen LogP contribution in [-0.2, 0) is 24.2 Å². The van der Waals surface area contributed by atoms with Crippen molar-refractivity contribution < 1.29 is 4.79 Å². The average molecular weight is 288 g/mol. The fourth-order valence-electron chi connectivity index (χ4n) is 3.32. The molecule has 3 rings (SSSR count). The van der Waals surface area contributed by atoms with Crippen molar-refractivity contribution in [2.45, 2.75) is 51.6 Å². The van der Waals surface area contributed by atoms with Gasteiger partial charge in [-0.05, 0) is 51.2 Å². The number of nitrogens with zero attached hydrogens (tertiary/aromatic N) is 2. The summed E-state index contributed by atoms with van der Waals surface area (Å²) in [6.45, 7) is 5.79. The minimum absolute atomic E-state index is 0.0521. The Morgan fingerprint density at radius 1 is 1.38 bits per heavy atom. The van der Waals surface area contributed by atoms with Gasteiger partial charge in [0.25, 0.3) is 0 Å². The van der Waals surface area contributed by atoms with Gasteiger partial charge >= 0.3 is 0 Å². The third-order valence-corrected chi connectivity index (χ3v) is 4.68. The smallest absolute Gasteiger partial charge is 0.245 e. The highest BCUT2D eigenvalue weighted by Gasteiger charge is 2.39. The molecule has 1 aromatic heterocycles. The van der Waals surface area contributed by atoms with Crippen LogP contribution in [0.5, 0.6) is 0 Å². The SMILES string of the molecule is CC1(C)C(=O)NCCN1c1nc2c(cc1CN)CCCC2. The lowest BCUT2D eigenvalue weighted by atomic mass is 9.93. The second-order valence-corrected chi connectivity index (χ2v) is 6.45. The molecule has 21 heavy (non-hydrogen) atoms. The number of carbonyl (C=O) groups is 1. The molecule has 0 spiro atoms.